The van der Waals surface area contributed by atoms with Gasteiger partial charge in [0.2, 0.25) is 5.91 Å². The first kappa shape index (κ1) is 8.83. The number of amides is 2. The molecule has 5 nitrogen and oxygen atoms in total. The van der Waals surface area contributed by atoms with E-state index < -0.39 is 11.5 Å². The zero-order valence-corrected chi connectivity index (χ0v) is 7.13. The molecule has 0 bridgehead atoms. The number of nitrogens with zero attached hydrogens (tertiary/aromatic N) is 1. The molecule has 0 spiro atoms. The van der Waals surface area contributed by atoms with Gasteiger partial charge in [0.15, 0.2) is 0 Å². The Morgan fingerprint density at radius 2 is 2.00 bits per heavy atom. The van der Waals surface area contributed by atoms with Crippen molar-refractivity contribution >= 4 is 12.0 Å². The highest BCUT2D eigenvalue weighted by molar-refractivity contribution is 5.85. The lowest BCUT2D eigenvalue weighted by molar-refractivity contribution is -0.137. The van der Waals surface area contributed by atoms with E-state index in [0.29, 0.717) is 13.1 Å². The van der Waals surface area contributed by atoms with Crippen molar-refractivity contribution in [2.75, 3.05) is 20.1 Å². The Morgan fingerprint density at radius 1 is 1.50 bits per heavy atom. The van der Waals surface area contributed by atoms with Crippen LogP contribution in [0.2, 0.25) is 0 Å². The first-order valence-corrected chi connectivity index (χ1v) is 3.70. The predicted molar refractivity (Wildman–Crippen MR) is 41.8 cm³/mol. The normalized spacial score (nSPS) is 19.7. The SMILES string of the molecule is CNC(=O)C1(C)CN(C(=O)O)C1. The summed E-state index contributed by atoms with van der Waals surface area (Å²) in [4.78, 5) is 22.7. The van der Waals surface area contributed by atoms with Gasteiger partial charge in [0.1, 0.15) is 0 Å². The Balaban J connectivity index is 2.50. The van der Waals surface area contributed by atoms with Gasteiger partial charge < -0.3 is 15.3 Å². The first-order valence-electron chi connectivity index (χ1n) is 3.70. The Kier molecular flexibility index (Phi) is 1.95. The molecule has 5 heteroatoms. The monoisotopic (exact) mass is 172 g/mol. The molecule has 0 saturated carbocycles. The number of carboxylic acid groups (broad SMARTS) is 1. The molecular formula is C7H12N2O3. The molecule has 1 saturated heterocycles. The van der Waals surface area contributed by atoms with Crippen molar-refractivity contribution in [2.45, 2.75) is 6.92 Å². The number of nitrogens with one attached hydrogen (secondary N) is 1. The molecule has 2 amide bonds. The maximum Gasteiger partial charge on any atom is 0.407 e. The Bertz CT molecular complexity index is 221. The maximum absolute atomic E-state index is 11.2. The second-order valence-electron chi connectivity index (χ2n) is 3.28. The number of likely N-dealkylation sites (tertiary alicyclic amines) is 1. The van der Waals surface area contributed by atoms with Crippen molar-refractivity contribution in [1.29, 1.82) is 0 Å². The second kappa shape index (κ2) is 2.66. The lowest BCUT2D eigenvalue weighted by atomic mass is 9.81. The summed E-state index contributed by atoms with van der Waals surface area (Å²) in [7, 11) is 1.55. The largest absolute Gasteiger partial charge is 0.465 e. The third-order valence-corrected chi connectivity index (χ3v) is 2.13. The maximum atomic E-state index is 11.2. The summed E-state index contributed by atoms with van der Waals surface area (Å²) in [6.45, 7) is 2.34. The lowest BCUT2D eigenvalue weighted by Crippen LogP contribution is -2.62. The average molecular weight is 172 g/mol. The van der Waals surface area contributed by atoms with Crippen molar-refractivity contribution in [3.8, 4) is 0 Å². The zero-order valence-electron chi connectivity index (χ0n) is 7.13. The van der Waals surface area contributed by atoms with Crippen LogP contribution in [0.3, 0.4) is 0 Å². The fraction of sp³-hybridized carbons (Fsp3) is 0.714. The number of carbonyl (C=O) groups is 2. The van der Waals surface area contributed by atoms with E-state index in [1.165, 1.54) is 4.90 Å². The van der Waals surface area contributed by atoms with E-state index in [1.807, 2.05) is 0 Å². The van der Waals surface area contributed by atoms with Crippen LogP contribution in [-0.4, -0.2) is 42.1 Å². The molecule has 1 heterocycles. The highest BCUT2D eigenvalue weighted by Crippen LogP contribution is 2.29. The van der Waals surface area contributed by atoms with E-state index in [4.69, 9.17) is 5.11 Å². The molecule has 0 aliphatic carbocycles. The molecule has 0 aromatic rings. The summed E-state index contributed by atoms with van der Waals surface area (Å²) >= 11 is 0. The summed E-state index contributed by atoms with van der Waals surface area (Å²) in [5.41, 5.74) is -0.521. The topological polar surface area (TPSA) is 69.6 Å². The van der Waals surface area contributed by atoms with Crippen molar-refractivity contribution in [2.24, 2.45) is 5.41 Å². The highest BCUT2D eigenvalue weighted by atomic mass is 16.4. The van der Waals surface area contributed by atoms with Crippen molar-refractivity contribution in [3.63, 3.8) is 0 Å². The van der Waals surface area contributed by atoms with E-state index in [1.54, 1.807) is 14.0 Å². The van der Waals surface area contributed by atoms with E-state index in [-0.39, 0.29) is 5.91 Å². The van der Waals surface area contributed by atoms with E-state index >= 15 is 0 Å². The predicted octanol–water partition coefficient (Wildman–Crippen LogP) is -0.268. The number of hydrogen-bond acceptors (Lipinski definition) is 2. The zero-order chi connectivity index (χ0) is 9.35. The van der Waals surface area contributed by atoms with Crippen LogP contribution in [0.5, 0.6) is 0 Å². The first-order chi connectivity index (χ1) is 5.49. The van der Waals surface area contributed by atoms with Gasteiger partial charge in [0.25, 0.3) is 0 Å². The third kappa shape index (κ3) is 1.22. The minimum atomic E-state index is -0.962. The van der Waals surface area contributed by atoms with Gasteiger partial charge in [0, 0.05) is 20.1 Å². The molecule has 0 radical (unpaired) electrons. The number of carbonyl (C=O) groups excluding carboxylic acids is 1. The molecule has 0 aromatic heterocycles. The fourth-order valence-corrected chi connectivity index (χ4v) is 1.38. The summed E-state index contributed by atoms with van der Waals surface area (Å²) in [6.07, 6.45) is -0.962. The van der Waals surface area contributed by atoms with Crippen LogP contribution < -0.4 is 5.32 Å². The molecule has 0 unspecified atom stereocenters. The molecule has 1 aliphatic heterocycles. The number of rotatable bonds is 1. The molecule has 0 atom stereocenters. The lowest BCUT2D eigenvalue weighted by Gasteiger charge is -2.44. The summed E-state index contributed by atoms with van der Waals surface area (Å²) < 4.78 is 0. The van der Waals surface area contributed by atoms with Crippen molar-refractivity contribution in [1.82, 2.24) is 10.2 Å². The van der Waals surface area contributed by atoms with Crippen LogP contribution in [0.25, 0.3) is 0 Å². The van der Waals surface area contributed by atoms with Crippen LogP contribution in [0, 0.1) is 5.41 Å². The molecular weight excluding hydrogens is 160 g/mol. The summed E-state index contributed by atoms with van der Waals surface area (Å²) in [5, 5.41) is 11.0. The smallest absolute Gasteiger partial charge is 0.407 e. The van der Waals surface area contributed by atoms with Gasteiger partial charge in [-0.1, -0.05) is 0 Å². The van der Waals surface area contributed by atoms with Gasteiger partial charge in [-0.2, -0.15) is 0 Å². The summed E-state index contributed by atoms with van der Waals surface area (Å²) in [6, 6.07) is 0. The average Bonchev–Trinajstić information content (AvgIpc) is 1.96. The van der Waals surface area contributed by atoms with Gasteiger partial charge in [-0.15, -0.1) is 0 Å². The van der Waals surface area contributed by atoms with E-state index in [9.17, 15) is 9.59 Å². The molecule has 1 aliphatic rings. The van der Waals surface area contributed by atoms with Crippen molar-refractivity contribution < 1.29 is 14.7 Å². The number of hydrogen-bond donors (Lipinski definition) is 2. The molecule has 12 heavy (non-hydrogen) atoms. The van der Waals surface area contributed by atoms with Crippen LogP contribution in [0.15, 0.2) is 0 Å². The van der Waals surface area contributed by atoms with Crippen molar-refractivity contribution in [3.05, 3.63) is 0 Å². The summed E-state index contributed by atoms with van der Waals surface area (Å²) in [5.74, 6) is -0.0972. The Labute approximate surface area is 70.4 Å². The van der Waals surface area contributed by atoms with Gasteiger partial charge in [-0.05, 0) is 6.92 Å². The fourth-order valence-electron chi connectivity index (χ4n) is 1.38. The Morgan fingerprint density at radius 3 is 2.33 bits per heavy atom. The third-order valence-electron chi connectivity index (χ3n) is 2.13. The minimum Gasteiger partial charge on any atom is -0.465 e. The van der Waals surface area contributed by atoms with Gasteiger partial charge >= 0.3 is 6.09 Å². The van der Waals surface area contributed by atoms with Crippen LogP contribution in [0.4, 0.5) is 4.79 Å². The quantitative estimate of drug-likeness (QED) is 0.572. The molecule has 68 valence electrons. The van der Waals surface area contributed by atoms with Crippen LogP contribution in [-0.2, 0) is 4.79 Å². The second-order valence-corrected chi connectivity index (χ2v) is 3.28. The van der Waals surface area contributed by atoms with E-state index in [0.717, 1.165) is 0 Å². The molecule has 2 N–H and O–H groups in total. The Hall–Kier alpha value is -1.26. The molecule has 1 fully saturated rings. The van der Waals surface area contributed by atoms with Gasteiger partial charge in [-0.25, -0.2) is 4.79 Å². The van der Waals surface area contributed by atoms with Gasteiger partial charge in [0.05, 0.1) is 5.41 Å². The van der Waals surface area contributed by atoms with E-state index in [2.05, 4.69) is 5.32 Å². The minimum absolute atomic E-state index is 0.0972. The van der Waals surface area contributed by atoms with Gasteiger partial charge in [-0.3, -0.25) is 4.79 Å². The standard InChI is InChI=1S/C7H12N2O3/c1-7(5(10)8-2)3-9(4-7)6(11)12/h3-4H2,1-2H3,(H,8,10)(H,11,12). The molecule has 1 rings (SSSR count). The molecule has 0 aromatic carbocycles. The van der Waals surface area contributed by atoms with Crippen LogP contribution in [0.1, 0.15) is 6.92 Å². The van der Waals surface area contributed by atoms with Crippen LogP contribution >= 0.6 is 0 Å². The highest BCUT2D eigenvalue weighted by Gasteiger charge is 2.46.